The lowest BCUT2D eigenvalue weighted by molar-refractivity contribution is 0.340. The minimum absolute atomic E-state index is 0.252. The summed E-state index contributed by atoms with van der Waals surface area (Å²) < 4.78 is 14.8. The van der Waals surface area contributed by atoms with Crippen LogP contribution in [0, 0.1) is 0 Å². The summed E-state index contributed by atoms with van der Waals surface area (Å²) in [6.45, 7) is 6.50. The molecular weight excluding hydrogens is 558 g/mol. The Morgan fingerprint density at radius 1 is 1.00 bits per heavy atom. The van der Waals surface area contributed by atoms with Crippen LogP contribution in [-0.4, -0.2) is 37.6 Å². The van der Waals surface area contributed by atoms with Crippen LogP contribution < -0.4 is 19.6 Å². The van der Waals surface area contributed by atoms with Crippen molar-refractivity contribution in [3.05, 3.63) is 117 Å². The van der Waals surface area contributed by atoms with E-state index in [4.69, 9.17) is 26.2 Å². The molecule has 0 fully saturated rings. The lowest BCUT2D eigenvalue weighted by Crippen LogP contribution is -2.23. The number of ether oxygens (including phenoxy) is 2. The Morgan fingerprint density at radius 3 is 2.49 bits per heavy atom. The summed E-state index contributed by atoms with van der Waals surface area (Å²) in [5.74, 6) is 1.79. The summed E-state index contributed by atoms with van der Waals surface area (Å²) in [6, 6.07) is 22.7. The second kappa shape index (κ2) is 11.4. The molecule has 3 aromatic carbocycles. The maximum atomic E-state index is 13.4. The normalized spacial score (nSPS) is 11.7. The predicted molar refractivity (Wildman–Crippen MR) is 162 cm³/mol. The Hall–Kier alpha value is -4.73. The summed E-state index contributed by atoms with van der Waals surface area (Å²) >= 11 is 7.78. The molecule has 0 aliphatic rings. The topological polar surface area (TPSA) is 83.5 Å². The molecule has 0 atom stereocenters. The van der Waals surface area contributed by atoms with Crippen molar-refractivity contribution in [2.45, 2.75) is 6.92 Å². The van der Waals surface area contributed by atoms with Crippen LogP contribution in [0.5, 0.6) is 11.5 Å². The van der Waals surface area contributed by atoms with Gasteiger partial charge in [-0.05, 0) is 67.6 Å². The maximum absolute atomic E-state index is 13.4. The van der Waals surface area contributed by atoms with Gasteiger partial charge in [-0.25, -0.2) is 4.68 Å². The Kier molecular flexibility index (Phi) is 7.37. The second-order valence-electron chi connectivity index (χ2n) is 8.96. The van der Waals surface area contributed by atoms with Crippen molar-refractivity contribution >= 4 is 34.0 Å². The van der Waals surface area contributed by atoms with Crippen LogP contribution in [0.1, 0.15) is 12.5 Å². The molecule has 3 heterocycles. The number of nitrogens with zero attached hydrogens (tertiary/aromatic N) is 5. The molecule has 0 aliphatic heterocycles. The first-order valence-corrected chi connectivity index (χ1v) is 14.1. The molecule has 41 heavy (non-hydrogen) atoms. The molecule has 0 unspecified atom stereocenters. The van der Waals surface area contributed by atoms with Crippen LogP contribution in [-0.2, 0) is 0 Å². The molecule has 0 amide bonds. The highest BCUT2D eigenvalue weighted by molar-refractivity contribution is 7.15. The van der Waals surface area contributed by atoms with Gasteiger partial charge in [0.15, 0.2) is 5.82 Å². The highest BCUT2D eigenvalue weighted by Gasteiger charge is 2.16. The van der Waals surface area contributed by atoms with Crippen LogP contribution in [0.3, 0.4) is 0 Å². The SMILES string of the molecule is C=CCOc1ccc(-c2nc3s/c(=C\c4cn(-c5ccccc5)nc4-c4ccc(OCC)c(Cl)c4)c(=O)n3n2)cc1. The van der Waals surface area contributed by atoms with Gasteiger partial charge in [0, 0.05) is 22.9 Å². The van der Waals surface area contributed by atoms with Gasteiger partial charge in [-0.2, -0.15) is 14.6 Å². The molecule has 204 valence electrons. The summed E-state index contributed by atoms with van der Waals surface area (Å²) in [7, 11) is 0. The van der Waals surface area contributed by atoms with Gasteiger partial charge in [-0.1, -0.05) is 53.8 Å². The third-order valence-corrected chi connectivity index (χ3v) is 7.47. The average Bonchev–Trinajstić information content (AvgIpc) is 3.69. The number of rotatable bonds is 9. The fourth-order valence-electron chi connectivity index (χ4n) is 4.30. The quantitative estimate of drug-likeness (QED) is 0.200. The smallest absolute Gasteiger partial charge is 0.291 e. The van der Waals surface area contributed by atoms with Gasteiger partial charge in [0.2, 0.25) is 4.96 Å². The molecule has 0 aliphatic carbocycles. The number of aromatic nitrogens is 5. The molecule has 0 saturated carbocycles. The zero-order chi connectivity index (χ0) is 28.3. The average molecular weight is 582 g/mol. The van der Waals surface area contributed by atoms with Crippen molar-refractivity contribution in [2.75, 3.05) is 13.2 Å². The van der Waals surface area contributed by atoms with Gasteiger partial charge < -0.3 is 9.47 Å². The third kappa shape index (κ3) is 5.37. The van der Waals surface area contributed by atoms with Crippen molar-refractivity contribution < 1.29 is 9.47 Å². The molecule has 0 N–H and O–H groups in total. The number of halogens is 1. The molecular formula is C31H24ClN5O3S. The molecule has 6 aromatic rings. The van der Waals surface area contributed by atoms with E-state index in [9.17, 15) is 4.79 Å². The van der Waals surface area contributed by atoms with Crippen molar-refractivity contribution in [2.24, 2.45) is 0 Å². The summed E-state index contributed by atoms with van der Waals surface area (Å²) in [5, 5.41) is 9.82. The molecule has 6 rings (SSSR count). The minimum Gasteiger partial charge on any atom is -0.492 e. The van der Waals surface area contributed by atoms with E-state index >= 15 is 0 Å². The van der Waals surface area contributed by atoms with E-state index in [0.29, 0.717) is 45.0 Å². The summed E-state index contributed by atoms with van der Waals surface area (Å²) in [6.07, 6.45) is 5.40. The zero-order valence-corrected chi connectivity index (χ0v) is 23.6. The first kappa shape index (κ1) is 26.5. The Labute approximate surface area is 244 Å². The largest absolute Gasteiger partial charge is 0.492 e. The molecule has 0 saturated heterocycles. The van der Waals surface area contributed by atoms with Crippen LogP contribution in [0.2, 0.25) is 5.02 Å². The molecule has 8 nitrogen and oxygen atoms in total. The van der Waals surface area contributed by atoms with Crippen molar-refractivity contribution in [3.63, 3.8) is 0 Å². The molecule has 3 aromatic heterocycles. The Balaban J connectivity index is 1.41. The van der Waals surface area contributed by atoms with Gasteiger partial charge in [0.25, 0.3) is 5.56 Å². The fraction of sp³-hybridized carbons (Fsp3) is 0.0968. The van der Waals surface area contributed by atoms with E-state index in [2.05, 4.69) is 16.7 Å². The molecule has 0 bridgehead atoms. The van der Waals surface area contributed by atoms with E-state index in [1.165, 1.54) is 15.9 Å². The Morgan fingerprint density at radius 2 is 1.78 bits per heavy atom. The van der Waals surface area contributed by atoms with Crippen LogP contribution >= 0.6 is 22.9 Å². The standard InChI is InChI=1S/C31H24ClN5O3S/c1-3-16-40-24-13-10-20(11-14-24)29-33-31-37(35-29)30(38)27(41-31)18-22-19-36(23-8-6-5-7-9-23)34-28(22)21-12-15-26(39-4-2)25(32)17-21/h3,5-15,17-19H,1,4,16H2,2H3/b27-18-. The first-order valence-electron chi connectivity index (χ1n) is 12.9. The van der Waals surface area contributed by atoms with Gasteiger partial charge in [0.05, 0.1) is 21.8 Å². The van der Waals surface area contributed by atoms with E-state index in [0.717, 1.165) is 28.1 Å². The number of fused-ring (bicyclic) bond motifs is 1. The van der Waals surface area contributed by atoms with Crippen molar-refractivity contribution in [1.82, 2.24) is 24.4 Å². The first-order chi connectivity index (χ1) is 20.0. The van der Waals surface area contributed by atoms with E-state index in [1.54, 1.807) is 10.8 Å². The second-order valence-corrected chi connectivity index (χ2v) is 10.4. The van der Waals surface area contributed by atoms with E-state index in [-0.39, 0.29) is 5.56 Å². The van der Waals surface area contributed by atoms with Crippen molar-refractivity contribution in [1.29, 1.82) is 0 Å². The van der Waals surface area contributed by atoms with Crippen LogP contribution in [0.15, 0.2) is 96.4 Å². The summed E-state index contributed by atoms with van der Waals surface area (Å²) in [4.78, 5) is 18.5. The van der Waals surface area contributed by atoms with E-state index < -0.39 is 0 Å². The highest BCUT2D eigenvalue weighted by Crippen LogP contribution is 2.32. The molecule has 10 heteroatoms. The monoisotopic (exact) mass is 581 g/mol. The number of hydrogen-bond donors (Lipinski definition) is 0. The van der Waals surface area contributed by atoms with Crippen LogP contribution in [0.4, 0.5) is 0 Å². The lowest BCUT2D eigenvalue weighted by Gasteiger charge is -2.07. The van der Waals surface area contributed by atoms with Gasteiger partial charge >= 0.3 is 0 Å². The summed E-state index contributed by atoms with van der Waals surface area (Å²) in [5.41, 5.74) is 3.66. The van der Waals surface area contributed by atoms with Crippen molar-refractivity contribution in [3.8, 4) is 39.8 Å². The van der Waals surface area contributed by atoms with Gasteiger partial charge in [-0.3, -0.25) is 4.79 Å². The number of hydrogen-bond acceptors (Lipinski definition) is 7. The fourth-order valence-corrected chi connectivity index (χ4v) is 5.44. The zero-order valence-electron chi connectivity index (χ0n) is 22.0. The maximum Gasteiger partial charge on any atom is 0.291 e. The highest BCUT2D eigenvalue weighted by atomic mass is 35.5. The molecule has 0 radical (unpaired) electrons. The molecule has 0 spiro atoms. The lowest BCUT2D eigenvalue weighted by atomic mass is 10.1. The van der Waals surface area contributed by atoms with E-state index in [1.807, 2.05) is 92.0 Å². The minimum atomic E-state index is -0.252. The van der Waals surface area contributed by atoms with Gasteiger partial charge in [-0.15, -0.1) is 5.10 Å². The van der Waals surface area contributed by atoms with Crippen LogP contribution in [0.25, 0.3) is 39.4 Å². The number of thiazole rings is 1. The predicted octanol–water partition coefficient (Wildman–Crippen LogP) is 5.84. The van der Waals surface area contributed by atoms with Gasteiger partial charge in [0.1, 0.15) is 23.8 Å². The Bertz CT molecular complexity index is 1960. The number of benzene rings is 3. The number of para-hydroxylation sites is 1. The third-order valence-electron chi connectivity index (χ3n) is 6.22.